The van der Waals surface area contributed by atoms with Gasteiger partial charge in [-0.25, -0.2) is 18.9 Å². The van der Waals surface area contributed by atoms with Crippen LogP contribution in [0.5, 0.6) is 34.8 Å². The fourth-order valence-electron chi connectivity index (χ4n) is 14.0. The van der Waals surface area contributed by atoms with E-state index in [1.807, 2.05) is 172 Å². The molecule has 8 atom stereocenters. The molecule has 2 saturated heterocycles. The van der Waals surface area contributed by atoms with Crippen LogP contribution in [0.15, 0.2) is 180 Å². The van der Waals surface area contributed by atoms with Crippen molar-refractivity contribution in [3.63, 3.8) is 0 Å². The van der Waals surface area contributed by atoms with Gasteiger partial charge in [0.2, 0.25) is 11.8 Å². The van der Waals surface area contributed by atoms with Crippen LogP contribution in [0.2, 0.25) is 0 Å². The summed E-state index contributed by atoms with van der Waals surface area (Å²) in [6.45, 7) is 20.9. The van der Waals surface area contributed by atoms with E-state index in [-0.39, 0.29) is 101 Å². The van der Waals surface area contributed by atoms with E-state index >= 15 is 0 Å². The zero-order valence-corrected chi connectivity index (χ0v) is 67.2. The molecule has 6 aromatic carbocycles. The van der Waals surface area contributed by atoms with Gasteiger partial charge in [0.15, 0.2) is 0 Å². The largest absolute Gasteiger partial charge is 0.497 e. The van der Waals surface area contributed by atoms with Gasteiger partial charge in [-0.05, 0) is 164 Å². The van der Waals surface area contributed by atoms with E-state index in [4.69, 9.17) is 65.5 Å². The summed E-state index contributed by atoms with van der Waals surface area (Å²) in [6.07, 6.45) is 0.587. The van der Waals surface area contributed by atoms with Gasteiger partial charge in [0.1, 0.15) is 58.9 Å². The molecule has 0 saturated carbocycles. The normalized spacial score (nSPS) is 17.9. The van der Waals surface area contributed by atoms with Crippen molar-refractivity contribution in [1.82, 2.24) is 28.4 Å². The van der Waals surface area contributed by atoms with Crippen LogP contribution in [0.25, 0.3) is 0 Å². The van der Waals surface area contributed by atoms with Crippen LogP contribution in [-0.2, 0) is 48.2 Å². The van der Waals surface area contributed by atoms with Gasteiger partial charge >= 0.3 is 11.4 Å². The smallest absolute Gasteiger partial charge is 0.352 e. The summed E-state index contributed by atoms with van der Waals surface area (Å²) in [4.78, 5) is 37.7. The highest BCUT2D eigenvalue weighted by molar-refractivity contribution is 7.44. The Morgan fingerprint density at radius 1 is 0.464 bits per heavy atom. The minimum absolute atomic E-state index is 0.00776. The van der Waals surface area contributed by atoms with Crippen molar-refractivity contribution >= 4 is 17.1 Å². The third-order valence-corrected chi connectivity index (χ3v) is 23.5. The van der Waals surface area contributed by atoms with Gasteiger partial charge in [0.05, 0.1) is 105 Å². The van der Waals surface area contributed by atoms with E-state index in [9.17, 15) is 20.1 Å². The number of nitrogens with zero attached hydrogens (tertiary/aromatic N) is 8. The highest BCUT2D eigenvalue weighted by Crippen LogP contribution is 2.53. The molecule has 0 bridgehead atoms. The Balaban J connectivity index is 0.849. The summed E-state index contributed by atoms with van der Waals surface area (Å²) >= 11 is 0. The molecule has 4 heterocycles. The maximum absolute atomic E-state index is 14.4. The molecule has 2 aliphatic rings. The number of aryl methyl sites for hydroxylation is 2. The fraction of sp³-hybridized carbons (Fsp3) is 0.452. The Labute approximate surface area is 648 Å². The molecule has 2 unspecified atom stereocenters. The van der Waals surface area contributed by atoms with E-state index < -0.39 is 76.5 Å². The van der Waals surface area contributed by atoms with Gasteiger partial charge in [-0.2, -0.15) is 20.5 Å². The van der Waals surface area contributed by atoms with Gasteiger partial charge in [-0.3, -0.25) is 9.13 Å². The second-order valence-electron chi connectivity index (χ2n) is 28.0. The first-order valence-corrected chi connectivity index (χ1v) is 39.7. The first-order chi connectivity index (χ1) is 53.2. The van der Waals surface area contributed by atoms with Crippen LogP contribution in [0.1, 0.15) is 151 Å². The minimum atomic E-state index is -1.76. The predicted octanol–water partition coefficient (Wildman–Crippen LogP) is 15.6. The molecule has 10 rings (SSSR count). The maximum atomic E-state index is 14.4. The quantitative estimate of drug-likeness (QED) is 0.0196. The van der Waals surface area contributed by atoms with Gasteiger partial charge < -0.3 is 65.5 Å². The molecule has 8 aromatic rings. The van der Waals surface area contributed by atoms with Crippen molar-refractivity contribution in [2.45, 2.75) is 180 Å². The zero-order valence-electron chi connectivity index (χ0n) is 65.4. The lowest BCUT2D eigenvalue weighted by Gasteiger charge is -2.39. The average molecular weight is 1540 g/mol. The molecule has 2 fully saturated rings. The monoisotopic (exact) mass is 1540 g/mol. The van der Waals surface area contributed by atoms with Gasteiger partial charge in [-0.1, -0.05) is 109 Å². The van der Waals surface area contributed by atoms with Crippen LogP contribution in [-0.4, -0.2) is 145 Å². The Kier molecular flexibility index (Phi) is 30.5. The molecule has 26 heteroatoms. The number of ether oxygens (including phenoxy) is 10. The lowest BCUT2D eigenvalue weighted by Crippen LogP contribution is -2.39. The van der Waals surface area contributed by atoms with Crippen molar-refractivity contribution in [2.24, 2.45) is 0 Å². The van der Waals surface area contributed by atoms with E-state index in [1.54, 1.807) is 40.8 Å². The highest BCUT2D eigenvalue weighted by Gasteiger charge is 2.48. The summed E-state index contributed by atoms with van der Waals surface area (Å²) in [6, 6.07) is 55.5. The molecule has 2 aliphatic heterocycles. The predicted molar refractivity (Wildman–Crippen MR) is 420 cm³/mol. The molecule has 586 valence electrons. The number of rotatable bonds is 41. The molecule has 0 radical (unpaired) electrons. The number of aromatic nitrogens is 4. The molecule has 0 spiro atoms. The first kappa shape index (κ1) is 83.8. The summed E-state index contributed by atoms with van der Waals surface area (Å²) in [7, 11) is 2.98. The van der Waals surface area contributed by atoms with Crippen molar-refractivity contribution in [2.75, 3.05) is 68.1 Å². The van der Waals surface area contributed by atoms with Crippen LogP contribution < -0.4 is 39.8 Å². The first-order valence-electron chi connectivity index (χ1n) is 37.4. The summed E-state index contributed by atoms with van der Waals surface area (Å²) in [5, 5.41) is 19.2. The number of nitriles is 2. The SMILES string of the molecule is COc1ccc(C(OC[C@H]2O[C@@H](n3cc(C)c(OCCCCOc4nc(=O)n([C@H]5C[C@H](OP(OCCC#N)N(C(C)C)C(C)C)[C@@H](COC(c6ccccc6)(c6ccc(OC)cc6)c6ccc(OC)cc6)O5)cc4C)nc3=O)C[C@@H]2OP(OCCC#N)N(C(C)C)C(C)C)(c2ccccc2)c2ccc(OC)cc2)cc1. The summed E-state index contributed by atoms with van der Waals surface area (Å²) < 4.78 is 98.1. The Morgan fingerprint density at radius 3 is 1.05 bits per heavy atom. The van der Waals surface area contributed by atoms with Crippen LogP contribution in [0.3, 0.4) is 0 Å². The Morgan fingerprint density at radius 2 is 0.764 bits per heavy atom. The van der Waals surface area contributed by atoms with E-state index in [1.165, 1.54) is 9.13 Å². The summed E-state index contributed by atoms with van der Waals surface area (Å²) in [5.41, 5.74) is 2.61. The Bertz CT molecular complexity index is 4000. The van der Waals surface area contributed by atoms with Gasteiger partial charge in [0.25, 0.3) is 17.1 Å². The molecular formula is C84H104N8O16P2. The minimum Gasteiger partial charge on any atom is -0.497 e. The van der Waals surface area contributed by atoms with Crippen LogP contribution >= 0.6 is 17.1 Å². The number of hydrogen-bond acceptors (Lipinski definition) is 22. The molecule has 0 amide bonds. The van der Waals surface area contributed by atoms with Crippen LogP contribution in [0, 0.1) is 36.5 Å². The second kappa shape index (κ2) is 40.0. The van der Waals surface area contributed by atoms with E-state index in [0.717, 1.165) is 33.4 Å². The fourth-order valence-corrected chi connectivity index (χ4v) is 17.5. The molecule has 110 heavy (non-hydrogen) atoms. The van der Waals surface area contributed by atoms with Crippen molar-refractivity contribution < 1.29 is 65.5 Å². The number of benzene rings is 6. The average Bonchev–Trinajstić information content (AvgIpc) is 0.793. The lowest BCUT2D eigenvalue weighted by atomic mass is 9.80. The maximum Gasteiger partial charge on any atom is 0.352 e. The molecule has 0 aliphatic carbocycles. The van der Waals surface area contributed by atoms with E-state index in [0.29, 0.717) is 47.0 Å². The standard InChI is InChI=1S/C84H104N8O16P2/c1-57(2)91(58(3)4)109(103-49-23-45-85)107-73-51-77(105-75(73)55-101-83(63-25-17-15-18-26-63,65-29-37-69(95-11)38-30-65)66-31-39-70(96-12)40-32-66)89-53-61(9)79(87-81(89)93)99-47-21-22-48-100-80-62(10)54-90(82(94)88-80)78-52-74(108-110(104-50-24-46-86)92(59(5)6)60(7)8)76(106-78)56-102-84(64-27-19-16-20-28-64,67-33-41-71(97-13)42-34-67)68-35-43-72(98-14)44-36-68/h15-20,25-44,53-54,57-60,73-78H,21-24,47-52,55-56H2,1-14H3/t73-,74-,75+,76+,77+,78+,109?,110?/m0/s1. The highest BCUT2D eigenvalue weighted by atomic mass is 31.2. The van der Waals surface area contributed by atoms with Crippen molar-refractivity contribution in [1.29, 1.82) is 10.5 Å². The third-order valence-electron chi connectivity index (χ3n) is 19.2. The third kappa shape index (κ3) is 20.1. The molecular weight excluding hydrogens is 1440 g/mol. The second-order valence-corrected chi connectivity index (χ2v) is 30.8. The molecule has 2 aromatic heterocycles. The molecule has 24 nitrogen and oxygen atoms in total. The lowest BCUT2D eigenvalue weighted by molar-refractivity contribution is -0.0926. The Hall–Kier alpha value is -8.68. The summed E-state index contributed by atoms with van der Waals surface area (Å²) in [5.74, 6) is 3.06. The molecule has 0 N–H and O–H groups in total. The van der Waals surface area contributed by atoms with Crippen LogP contribution in [0.4, 0.5) is 0 Å². The van der Waals surface area contributed by atoms with E-state index in [2.05, 4.69) is 86.8 Å². The van der Waals surface area contributed by atoms with Crippen molar-refractivity contribution in [3.8, 4) is 46.9 Å². The topological polar surface area (TPSA) is 253 Å². The van der Waals surface area contributed by atoms with Crippen molar-refractivity contribution in [3.05, 3.63) is 236 Å². The number of methoxy groups -OCH3 is 4. The number of hydrogen-bond donors (Lipinski definition) is 0. The van der Waals surface area contributed by atoms with Gasteiger partial charge in [-0.15, -0.1) is 0 Å². The number of unbranched alkanes of at least 4 members (excludes halogenated alkanes) is 1. The zero-order chi connectivity index (χ0) is 78.5. The van der Waals surface area contributed by atoms with Gasteiger partial charge in [0, 0.05) is 60.5 Å².